The van der Waals surface area contributed by atoms with Crippen molar-refractivity contribution >= 4 is 47.2 Å². The zero-order chi connectivity index (χ0) is 17.2. The van der Waals surface area contributed by atoms with Crippen LogP contribution in [-0.2, 0) is 17.8 Å². The lowest BCUT2D eigenvalue weighted by atomic mass is 10.2. The van der Waals surface area contributed by atoms with E-state index in [1.54, 1.807) is 18.4 Å². The molecule has 0 atom stereocenters. The largest absolute Gasteiger partial charge is 0.356 e. The Bertz CT molecular complexity index is 675. The highest BCUT2D eigenvalue weighted by atomic mass is 127. The summed E-state index contributed by atoms with van der Waals surface area (Å²) in [5.74, 6) is 0.537. The van der Waals surface area contributed by atoms with Crippen molar-refractivity contribution in [1.82, 2.24) is 20.9 Å². The SMILES string of the molecule is CN=C(NCCc1ncc(C)s1)NCC(=O)NCc1ccccc1.I. The van der Waals surface area contributed by atoms with Crippen molar-refractivity contribution in [1.29, 1.82) is 0 Å². The molecule has 0 aliphatic carbocycles. The Hall–Kier alpha value is -1.68. The molecule has 0 saturated heterocycles. The highest BCUT2D eigenvalue weighted by molar-refractivity contribution is 14.0. The first-order valence-corrected chi connectivity index (χ1v) is 8.65. The minimum Gasteiger partial charge on any atom is -0.356 e. The molecule has 0 bridgehead atoms. The zero-order valence-corrected chi connectivity index (χ0v) is 17.6. The van der Waals surface area contributed by atoms with Gasteiger partial charge in [-0.1, -0.05) is 30.3 Å². The van der Waals surface area contributed by atoms with E-state index < -0.39 is 0 Å². The minimum absolute atomic E-state index is 0. The van der Waals surface area contributed by atoms with Crippen LogP contribution in [-0.4, -0.2) is 37.0 Å². The van der Waals surface area contributed by atoms with Gasteiger partial charge in [0.05, 0.1) is 11.6 Å². The van der Waals surface area contributed by atoms with Gasteiger partial charge in [0, 0.05) is 37.6 Å². The third-order valence-corrected chi connectivity index (χ3v) is 4.25. The summed E-state index contributed by atoms with van der Waals surface area (Å²) < 4.78 is 0. The topological polar surface area (TPSA) is 78.4 Å². The highest BCUT2D eigenvalue weighted by Gasteiger charge is 2.04. The standard InChI is InChI=1S/C17H23N5OS.HI/c1-13-10-21-16(24-13)8-9-19-17(18-2)22-12-15(23)20-11-14-6-4-3-5-7-14;/h3-7,10H,8-9,11-12H2,1-2H3,(H,20,23)(H2,18,19,22);1H. The minimum atomic E-state index is -0.0719. The van der Waals surface area contributed by atoms with Gasteiger partial charge in [0.15, 0.2) is 5.96 Å². The van der Waals surface area contributed by atoms with E-state index in [-0.39, 0.29) is 36.4 Å². The van der Waals surface area contributed by atoms with Gasteiger partial charge in [-0.15, -0.1) is 35.3 Å². The Morgan fingerprint density at radius 2 is 1.96 bits per heavy atom. The molecule has 6 nitrogen and oxygen atoms in total. The molecule has 136 valence electrons. The number of aromatic nitrogens is 1. The second-order valence-corrected chi connectivity index (χ2v) is 6.55. The number of benzene rings is 1. The third kappa shape index (κ3) is 8.30. The summed E-state index contributed by atoms with van der Waals surface area (Å²) in [5, 5.41) is 10.2. The van der Waals surface area contributed by atoms with Crippen molar-refractivity contribution in [2.75, 3.05) is 20.1 Å². The molecule has 3 N–H and O–H groups in total. The molecule has 2 rings (SSSR count). The number of rotatable bonds is 7. The number of nitrogens with zero attached hydrogens (tertiary/aromatic N) is 2. The van der Waals surface area contributed by atoms with Gasteiger partial charge in [-0.05, 0) is 12.5 Å². The van der Waals surface area contributed by atoms with E-state index in [4.69, 9.17) is 0 Å². The number of hydrogen-bond acceptors (Lipinski definition) is 4. The van der Waals surface area contributed by atoms with E-state index in [9.17, 15) is 4.79 Å². The number of halogens is 1. The van der Waals surface area contributed by atoms with E-state index in [0.717, 1.165) is 23.5 Å². The lowest BCUT2D eigenvalue weighted by molar-refractivity contribution is -0.120. The maximum atomic E-state index is 11.9. The molecule has 0 radical (unpaired) electrons. The molecule has 1 heterocycles. The molecule has 8 heteroatoms. The summed E-state index contributed by atoms with van der Waals surface area (Å²) in [7, 11) is 1.69. The Kier molecular flexibility index (Phi) is 10.1. The zero-order valence-electron chi connectivity index (χ0n) is 14.4. The summed E-state index contributed by atoms with van der Waals surface area (Å²) in [6.07, 6.45) is 2.71. The van der Waals surface area contributed by atoms with Gasteiger partial charge >= 0.3 is 0 Å². The van der Waals surface area contributed by atoms with Crippen LogP contribution in [0.3, 0.4) is 0 Å². The van der Waals surface area contributed by atoms with E-state index in [2.05, 4.69) is 25.9 Å². The first kappa shape index (κ1) is 21.4. The average Bonchev–Trinajstić information content (AvgIpc) is 3.02. The molecular weight excluding hydrogens is 449 g/mol. The van der Waals surface area contributed by atoms with Crippen LogP contribution < -0.4 is 16.0 Å². The smallest absolute Gasteiger partial charge is 0.239 e. The number of hydrogen-bond donors (Lipinski definition) is 3. The van der Waals surface area contributed by atoms with Crippen molar-refractivity contribution in [2.24, 2.45) is 4.99 Å². The van der Waals surface area contributed by atoms with Gasteiger partial charge in [-0.2, -0.15) is 0 Å². The van der Waals surface area contributed by atoms with Crippen LogP contribution in [0.2, 0.25) is 0 Å². The van der Waals surface area contributed by atoms with E-state index >= 15 is 0 Å². The first-order valence-electron chi connectivity index (χ1n) is 7.84. The lowest BCUT2D eigenvalue weighted by Crippen LogP contribution is -2.43. The third-order valence-electron chi connectivity index (χ3n) is 3.27. The van der Waals surface area contributed by atoms with Gasteiger partial charge in [0.25, 0.3) is 0 Å². The summed E-state index contributed by atoms with van der Waals surface area (Å²) >= 11 is 1.69. The molecular formula is C17H24IN5OS. The van der Waals surface area contributed by atoms with Crippen LogP contribution in [0.1, 0.15) is 15.4 Å². The van der Waals surface area contributed by atoms with Crippen molar-refractivity contribution in [3.8, 4) is 0 Å². The van der Waals surface area contributed by atoms with Crippen molar-refractivity contribution in [3.63, 3.8) is 0 Å². The number of thiazole rings is 1. The maximum absolute atomic E-state index is 11.9. The molecule has 1 aromatic carbocycles. The second kappa shape index (κ2) is 11.8. The van der Waals surface area contributed by atoms with Crippen LogP contribution in [0.15, 0.2) is 41.5 Å². The van der Waals surface area contributed by atoms with Crippen molar-refractivity contribution in [2.45, 2.75) is 19.9 Å². The molecule has 0 aliphatic heterocycles. The van der Waals surface area contributed by atoms with Crippen LogP contribution in [0.5, 0.6) is 0 Å². The van der Waals surface area contributed by atoms with Crippen molar-refractivity contribution in [3.05, 3.63) is 52.0 Å². The fourth-order valence-electron chi connectivity index (χ4n) is 2.05. The van der Waals surface area contributed by atoms with Crippen LogP contribution >= 0.6 is 35.3 Å². The predicted octanol–water partition coefficient (Wildman–Crippen LogP) is 2.09. The number of amides is 1. The fourth-order valence-corrected chi connectivity index (χ4v) is 2.84. The molecule has 0 unspecified atom stereocenters. The van der Waals surface area contributed by atoms with Crippen LogP contribution in [0, 0.1) is 6.92 Å². The van der Waals surface area contributed by atoms with Gasteiger partial charge in [0.2, 0.25) is 5.91 Å². The molecule has 0 spiro atoms. The molecule has 0 saturated carbocycles. The molecule has 0 aliphatic rings. The normalized spacial score (nSPS) is 10.7. The van der Waals surface area contributed by atoms with Gasteiger partial charge in [-0.3, -0.25) is 9.79 Å². The Balaban J connectivity index is 0.00000312. The van der Waals surface area contributed by atoms with E-state index in [0.29, 0.717) is 12.5 Å². The molecule has 2 aromatic rings. The summed E-state index contributed by atoms with van der Waals surface area (Å²) in [4.78, 5) is 21.5. The van der Waals surface area contributed by atoms with E-state index in [1.807, 2.05) is 43.5 Å². The summed E-state index contributed by atoms with van der Waals surface area (Å²) in [5.41, 5.74) is 1.08. The maximum Gasteiger partial charge on any atom is 0.239 e. The molecule has 1 aromatic heterocycles. The Labute approximate surface area is 169 Å². The monoisotopic (exact) mass is 473 g/mol. The Morgan fingerprint density at radius 3 is 2.60 bits per heavy atom. The van der Waals surface area contributed by atoms with Crippen LogP contribution in [0.4, 0.5) is 0 Å². The van der Waals surface area contributed by atoms with Gasteiger partial charge in [0.1, 0.15) is 0 Å². The first-order chi connectivity index (χ1) is 11.7. The highest BCUT2D eigenvalue weighted by Crippen LogP contribution is 2.10. The van der Waals surface area contributed by atoms with Crippen LogP contribution in [0.25, 0.3) is 0 Å². The molecule has 1 amide bonds. The number of carbonyl (C=O) groups is 1. The number of nitrogens with one attached hydrogen (secondary N) is 3. The quantitative estimate of drug-likeness (QED) is 0.327. The van der Waals surface area contributed by atoms with E-state index in [1.165, 1.54) is 4.88 Å². The molecule has 25 heavy (non-hydrogen) atoms. The number of aliphatic imine (C=N–C) groups is 1. The second-order valence-electron chi connectivity index (χ2n) is 5.23. The van der Waals surface area contributed by atoms with Gasteiger partial charge in [-0.25, -0.2) is 4.98 Å². The Morgan fingerprint density at radius 1 is 1.20 bits per heavy atom. The fraction of sp³-hybridized carbons (Fsp3) is 0.353. The average molecular weight is 473 g/mol. The molecule has 0 fully saturated rings. The number of aryl methyl sites for hydroxylation is 1. The van der Waals surface area contributed by atoms with Gasteiger partial charge < -0.3 is 16.0 Å². The number of carbonyl (C=O) groups excluding carboxylic acids is 1. The number of guanidine groups is 1. The summed E-state index contributed by atoms with van der Waals surface area (Å²) in [6.45, 7) is 3.47. The van der Waals surface area contributed by atoms with Crippen molar-refractivity contribution < 1.29 is 4.79 Å². The summed E-state index contributed by atoms with van der Waals surface area (Å²) in [6, 6.07) is 9.82. The predicted molar refractivity (Wildman–Crippen MR) is 114 cm³/mol. The lowest BCUT2D eigenvalue weighted by Gasteiger charge is -2.11.